The number of amides is 1. The Morgan fingerprint density at radius 3 is 2.67 bits per heavy atom. The maximum Gasteiger partial charge on any atom is 0.253 e. The minimum Gasteiger partial charge on any atom is -0.508 e. The van der Waals surface area contributed by atoms with Crippen LogP contribution in [0.4, 0.5) is 11.4 Å². The van der Waals surface area contributed by atoms with Crippen molar-refractivity contribution in [3.63, 3.8) is 0 Å². The lowest BCUT2D eigenvalue weighted by Gasteiger charge is -2.15. The van der Waals surface area contributed by atoms with Crippen molar-refractivity contribution >= 4 is 28.2 Å². The molecule has 0 bridgehead atoms. The van der Waals surface area contributed by atoms with Crippen molar-refractivity contribution in [3.05, 3.63) is 89.1 Å². The lowest BCUT2D eigenvalue weighted by Crippen LogP contribution is -2.26. The van der Waals surface area contributed by atoms with E-state index in [9.17, 15) is 9.90 Å². The standard InChI is InChI=1S/C25H25N3O2/c1-16-6-5-9-22(17(16)2)28-24-8-4-3-7-20(24)25(30)26-13-12-18-15-27-23-11-10-19(29)14-21(18)23/h3-11,14-15,27-29H,12-13H2,1-2H3,(H,26,30). The number of aromatic hydroxyl groups is 1. The molecule has 1 heterocycles. The number of nitrogens with one attached hydrogen (secondary N) is 3. The third-order valence-electron chi connectivity index (χ3n) is 5.48. The van der Waals surface area contributed by atoms with Crippen molar-refractivity contribution < 1.29 is 9.90 Å². The average molecular weight is 399 g/mol. The average Bonchev–Trinajstić information content (AvgIpc) is 3.14. The molecule has 0 atom stereocenters. The monoisotopic (exact) mass is 399 g/mol. The highest BCUT2D eigenvalue weighted by Gasteiger charge is 2.12. The summed E-state index contributed by atoms with van der Waals surface area (Å²) in [7, 11) is 0. The number of para-hydroxylation sites is 1. The van der Waals surface area contributed by atoms with Crippen LogP contribution < -0.4 is 10.6 Å². The largest absolute Gasteiger partial charge is 0.508 e. The number of aromatic amines is 1. The third kappa shape index (κ3) is 4.01. The molecular formula is C25H25N3O2. The number of phenols is 1. The molecule has 4 rings (SSSR count). The van der Waals surface area contributed by atoms with Crippen LogP contribution in [0.2, 0.25) is 0 Å². The molecule has 1 aromatic heterocycles. The second-order valence-corrected chi connectivity index (χ2v) is 7.47. The first-order valence-corrected chi connectivity index (χ1v) is 10.0. The summed E-state index contributed by atoms with van der Waals surface area (Å²) in [6.45, 7) is 4.64. The van der Waals surface area contributed by atoms with Crippen LogP contribution in [0.3, 0.4) is 0 Å². The molecule has 0 saturated carbocycles. The highest BCUT2D eigenvalue weighted by atomic mass is 16.3. The van der Waals surface area contributed by atoms with Crippen molar-refractivity contribution in [2.75, 3.05) is 11.9 Å². The molecule has 3 aromatic carbocycles. The summed E-state index contributed by atoms with van der Waals surface area (Å²) in [5.41, 5.74) is 6.77. The van der Waals surface area contributed by atoms with Crippen molar-refractivity contribution in [1.29, 1.82) is 0 Å². The van der Waals surface area contributed by atoms with Gasteiger partial charge in [-0.2, -0.15) is 0 Å². The van der Waals surface area contributed by atoms with Gasteiger partial charge >= 0.3 is 0 Å². The summed E-state index contributed by atoms with van der Waals surface area (Å²) in [5.74, 6) is 0.116. The van der Waals surface area contributed by atoms with E-state index in [2.05, 4.69) is 35.5 Å². The van der Waals surface area contributed by atoms with Crippen molar-refractivity contribution in [2.45, 2.75) is 20.3 Å². The van der Waals surface area contributed by atoms with Gasteiger partial charge in [-0.15, -0.1) is 0 Å². The van der Waals surface area contributed by atoms with E-state index < -0.39 is 0 Å². The Bertz CT molecular complexity index is 1210. The molecular weight excluding hydrogens is 374 g/mol. The molecule has 0 aliphatic heterocycles. The first-order chi connectivity index (χ1) is 14.5. The fourth-order valence-corrected chi connectivity index (χ4v) is 3.60. The van der Waals surface area contributed by atoms with Gasteiger partial charge in [0.25, 0.3) is 5.91 Å². The fraction of sp³-hybridized carbons (Fsp3) is 0.160. The highest BCUT2D eigenvalue weighted by molar-refractivity contribution is 6.00. The summed E-state index contributed by atoms with van der Waals surface area (Å²) in [5, 5.41) is 17.1. The Kier molecular flexibility index (Phi) is 5.44. The van der Waals surface area contributed by atoms with Crippen LogP contribution in [0.15, 0.2) is 66.9 Å². The molecule has 0 fully saturated rings. The molecule has 1 amide bonds. The first-order valence-electron chi connectivity index (χ1n) is 10.0. The molecule has 0 radical (unpaired) electrons. The van der Waals surface area contributed by atoms with E-state index in [-0.39, 0.29) is 11.7 Å². The van der Waals surface area contributed by atoms with Gasteiger partial charge in [-0.1, -0.05) is 24.3 Å². The molecule has 0 spiro atoms. The maximum atomic E-state index is 12.9. The van der Waals surface area contributed by atoms with Crippen LogP contribution in [-0.4, -0.2) is 22.5 Å². The normalized spacial score (nSPS) is 10.9. The van der Waals surface area contributed by atoms with E-state index in [0.717, 1.165) is 33.4 Å². The second kappa shape index (κ2) is 8.33. The molecule has 0 saturated heterocycles. The number of aromatic nitrogens is 1. The molecule has 152 valence electrons. The van der Waals surface area contributed by atoms with Gasteiger partial charge in [0.15, 0.2) is 0 Å². The summed E-state index contributed by atoms with van der Waals surface area (Å²) in [6.07, 6.45) is 2.59. The van der Waals surface area contributed by atoms with Crippen LogP contribution in [0, 0.1) is 13.8 Å². The number of hydrogen-bond donors (Lipinski definition) is 4. The second-order valence-electron chi connectivity index (χ2n) is 7.47. The van der Waals surface area contributed by atoms with Crippen molar-refractivity contribution in [2.24, 2.45) is 0 Å². The van der Waals surface area contributed by atoms with Gasteiger partial charge in [0.1, 0.15) is 5.75 Å². The SMILES string of the molecule is Cc1cccc(Nc2ccccc2C(=O)NCCc2c[nH]c3ccc(O)cc23)c1C. The number of fused-ring (bicyclic) bond motifs is 1. The summed E-state index contributed by atoms with van der Waals surface area (Å²) < 4.78 is 0. The molecule has 5 nitrogen and oxygen atoms in total. The Labute approximate surface area is 175 Å². The molecule has 4 N–H and O–H groups in total. The van der Waals surface area contributed by atoms with E-state index in [4.69, 9.17) is 0 Å². The number of H-pyrrole nitrogens is 1. The minimum absolute atomic E-state index is 0.119. The van der Waals surface area contributed by atoms with Crippen LogP contribution >= 0.6 is 0 Å². The number of benzene rings is 3. The molecule has 30 heavy (non-hydrogen) atoms. The molecule has 5 heteroatoms. The van der Waals surface area contributed by atoms with Gasteiger partial charge in [0.05, 0.1) is 11.3 Å². The zero-order chi connectivity index (χ0) is 21.1. The van der Waals surface area contributed by atoms with Gasteiger partial charge in [-0.25, -0.2) is 0 Å². The van der Waals surface area contributed by atoms with Crippen molar-refractivity contribution in [1.82, 2.24) is 10.3 Å². The lowest BCUT2D eigenvalue weighted by molar-refractivity contribution is 0.0955. The first kappa shape index (κ1) is 19.6. The number of rotatable bonds is 6. The van der Waals surface area contributed by atoms with Gasteiger partial charge in [0, 0.05) is 29.3 Å². The van der Waals surface area contributed by atoms with Crippen LogP contribution in [0.5, 0.6) is 5.75 Å². The van der Waals surface area contributed by atoms with Crippen LogP contribution in [0.25, 0.3) is 10.9 Å². The van der Waals surface area contributed by atoms with Gasteiger partial charge < -0.3 is 20.7 Å². The molecule has 0 aliphatic rings. The van der Waals surface area contributed by atoms with E-state index in [1.54, 1.807) is 12.1 Å². The number of anilines is 2. The Balaban J connectivity index is 1.46. The predicted octanol–water partition coefficient (Wildman–Crippen LogP) is 5.21. The minimum atomic E-state index is -0.119. The summed E-state index contributed by atoms with van der Waals surface area (Å²) in [4.78, 5) is 16.1. The molecule has 0 aliphatic carbocycles. The van der Waals surface area contributed by atoms with Gasteiger partial charge in [-0.05, 0) is 73.4 Å². The van der Waals surface area contributed by atoms with Crippen LogP contribution in [-0.2, 0) is 6.42 Å². The summed E-state index contributed by atoms with van der Waals surface area (Å²) >= 11 is 0. The number of hydrogen-bond acceptors (Lipinski definition) is 3. The van der Waals surface area contributed by atoms with E-state index in [0.29, 0.717) is 18.5 Å². The molecule has 0 unspecified atom stereocenters. The molecule has 4 aromatic rings. The van der Waals surface area contributed by atoms with Gasteiger partial charge in [-0.3, -0.25) is 4.79 Å². The van der Waals surface area contributed by atoms with E-state index >= 15 is 0 Å². The Hall–Kier alpha value is -3.73. The van der Waals surface area contributed by atoms with Crippen LogP contribution in [0.1, 0.15) is 27.0 Å². The Morgan fingerprint density at radius 2 is 1.80 bits per heavy atom. The van der Waals surface area contributed by atoms with E-state index in [1.165, 1.54) is 5.56 Å². The van der Waals surface area contributed by atoms with Crippen molar-refractivity contribution in [3.8, 4) is 5.75 Å². The predicted molar refractivity (Wildman–Crippen MR) is 122 cm³/mol. The van der Waals surface area contributed by atoms with Gasteiger partial charge in [0.2, 0.25) is 0 Å². The topological polar surface area (TPSA) is 77.2 Å². The quantitative estimate of drug-likeness (QED) is 0.360. The van der Waals surface area contributed by atoms with E-state index in [1.807, 2.05) is 48.7 Å². The lowest BCUT2D eigenvalue weighted by atomic mass is 10.1. The highest BCUT2D eigenvalue weighted by Crippen LogP contribution is 2.26. The number of aryl methyl sites for hydroxylation is 1. The number of carbonyl (C=O) groups excluding carboxylic acids is 1. The third-order valence-corrected chi connectivity index (χ3v) is 5.48. The Morgan fingerprint density at radius 1 is 1.00 bits per heavy atom. The fourth-order valence-electron chi connectivity index (χ4n) is 3.60. The zero-order valence-corrected chi connectivity index (χ0v) is 17.1. The number of phenolic OH excluding ortho intramolecular Hbond substituents is 1. The number of carbonyl (C=O) groups is 1. The smallest absolute Gasteiger partial charge is 0.253 e. The zero-order valence-electron chi connectivity index (χ0n) is 17.1. The maximum absolute atomic E-state index is 12.9. The summed E-state index contributed by atoms with van der Waals surface area (Å²) in [6, 6.07) is 18.9.